The number of hydrogen-bond donors (Lipinski definition) is 1. The van der Waals surface area contributed by atoms with Crippen LogP contribution >= 0.6 is 0 Å². The lowest BCUT2D eigenvalue weighted by Gasteiger charge is -2.38. The van der Waals surface area contributed by atoms with Crippen molar-refractivity contribution < 1.29 is 21.6 Å². The highest BCUT2D eigenvalue weighted by molar-refractivity contribution is 7.90. The van der Waals surface area contributed by atoms with Crippen LogP contribution in [0.1, 0.15) is 24.4 Å². The lowest BCUT2D eigenvalue weighted by Crippen LogP contribution is -2.47. The molecule has 1 amide bonds. The van der Waals surface area contributed by atoms with Gasteiger partial charge in [-0.15, -0.1) is 0 Å². The van der Waals surface area contributed by atoms with E-state index in [9.17, 15) is 21.6 Å². The summed E-state index contributed by atoms with van der Waals surface area (Å²) in [6.45, 7) is 0.0587. The number of rotatable bonds is 7. The Morgan fingerprint density at radius 2 is 1.57 bits per heavy atom. The third-order valence-corrected chi connectivity index (χ3v) is 8.05. The molecule has 1 heterocycles. The van der Waals surface area contributed by atoms with Crippen LogP contribution in [0.25, 0.3) is 0 Å². The van der Waals surface area contributed by atoms with Crippen molar-refractivity contribution >= 4 is 25.8 Å². The van der Waals surface area contributed by atoms with E-state index in [4.69, 9.17) is 0 Å². The summed E-state index contributed by atoms with van der Waals surface area (Å²) in [4.78, 5) is 12.8. The van der Waals surface area contributed by atoms with Crippen molar-refractivity contribution in [2.75, 3.05) is 25.1 Å². The SMILES string of the molecule is CS(=O)(=O)CCNC(=O)C1CCC(c2ccccc2)N(S(=O)(=O)c2ccccc2)C1. The van der Waals surface area contributed by atoms with E-state index < -0.39 is 25.8 Å². The van der Waals surface area contributed by atoms with Gasteiger partial charge in [-0.3, -0.25) is 4.79 Å². The third kappa shape index (κ3) is 5.47. The molecule has 2 unspecified atom stereocenters. The molecule has 0 aromatic heterocycles. The molecule has 1 N–H and O–H groups in total. The summed E-state index contributed by atoms with van der Waals surface area (Å²) in [5.74, 6) is -1.01. The predicted molar refractivity (Wildman–Crippen MR) is 115 cm³/mol. The van der Waals surface area contributed by atoms with E-state index in [0.29, 0.717) is 12.8 Å². The largest absolute Gasteiger partial charge is 0.355 e. The molecule has 2 aromatic carbocycles. The molecule has 7 nitrogen and oxygen atoms in total. The van der Waals surface area contributed by atoms with Gasteiger partial charge in [0.2, 0.25) is 15.9 Å². The molecular weight excluding hydrogens is 424 g/mol. The topological polar surface area (TPSA) is 101 Å². The maximum atomic E-state index is 13.4. The molecule has 1 fully saturated rings. The number of piperidine rings is 1. The van der Waals surface area contributed by atoms with Crippen molar-refractivity contribution in [1.82, 2.24) is 9.62 Å². The van der Waals surface area contributed by atoms with Crippen LogP contribution in [0.5, 0.6) is 0 Å². The number of amides is 1. The highest BCUT2D eigenvalue weighted by Gasteiger charge is 2.39. The van der Waals surface area contributed by atoms with Crippen LogP contribution in [0.15, 0.2) is 65.6 Å². The first kappa shape index (κ1) is 22.5. The summed E-state index contributed by atoms with van der Waals surface area (Å²) in [6, 6.07) is 17.2. The average molecular weight is 451 g/mol. The standard InChI is InChI=1S/C21H26N2O5S2/c1-29(25,26)15-14-22-21(24)18-12-13-20(17-8-4-2-5-9-17)23(16-18)30(27,28)19-10-6-3-7-11-19/h2-11,18,20H,12-16H2,1H3,(H,22,24). The molecule has 0 radical (unpaired) electrons. The molecule has 0 aliphatic carbocycles. The summed E-state index contributed by atoms with van der Waals surface area (Å²) < 4.78 is 50.8. The Kier molecular flexibility index (Phi) is 6.95. The van der Waals surface area contributed by atoms with Crippen LogP contribution in [0.2, 0.25) is 0 Å². The molecular formula is C21H26N2O5S2. The van der Waals surface area contributed by atoms with E-state index in [-0.39, 0.29) is 35.7 Å². The smallest absolute Gasteiger partial charge is 0.243 e. The first-order valence-corrected chi connectivity index (χ1v) is 13.3. The second-order valence-corrected chi connectivity index (χ2v) is 11.7. The second-order valence-electron chi connectivity index (χ2n) is 7.51. The molecule has 162 valence electrons. The van der Waals surface area contributed by atoms with Crippen LogP contribution < -0.4 is 5.32 Å². The quantitative estimate of drug-likeness (QED) is 0.695. The fraction of sp³-hybridized carbons (Fsp3) is 0.381. The Balaban J connectivity index is 1.84. The van der Waals surface area contributed by atoms with Crippen LogP contribution in [0.3, 0.4) is 0 Å². The molecule has 0 saturated carbocycles. The molecule has 1 saturated heterocycles. The highest BCUT2D eigenvalue weighted by atomic mass is 32.2. The highest BCUT2D eigenvalue weighted by Crippen LogP contribution is 2.37. The van der Waals surface area contributed by atoms with Crippen molar-refractivity contribution in [3.63, 3.8) is 0 Å². The summed E-state index contributed by atoms with van der Waals surface area (Å²) >= 11 is 0. The Labute approximate surface area is 178 Å². The normalized spacial score (nSPS) is 20.6. The maximum absolute atomic E-state index is 13.4. The van der Waals surface area contributed by atoms with Crippen LogP contribution in [-0.4, -0.2) is 52.1 Å². The van der Waals surface area contributed by atoms with Gasteiger partial charge in [-0.25, -0.2) is 16.8 Å². The zero-order chi connectivity index (χ0) is 21.8. The minimum absolute atomic E-state index is 0.0156. The van der Waals surface area contributed by atoms with Crippen molar-refractivity contribution in [3.8, 4) is 0 Å². The first-order valence-electron chi connectivity index (χ1n) is 9.76. The number of hydrogen-bond acceptors (Lipinski definition) is 5. The number of sulfone groups is 1. The van der Waals surface area contributed by atoms with Gasteiger partial charge in [-0.2, -0.15) is 4.31 Å². The molecule has 0 bridgehead atoms. The molecule has 1 aliphatic heterocycles. The molecule has 2 atom stereocenters. The number of nitrogens with one attached hydrogen (secondary N) is 1. The number of carbonyl (C=O) groups is 1. The Morgan fingerprint density at radius 3 is 2.17 bits per heavy atom. The van der Waals surface area contributed by atoms with Gasteiger partial charge in [0.25, 0.3) is 0 Å². The van der Waals surface area contributed by atoms with Crippen molar-refractivity contribution in [1.29, 1.82) is 0 Å². The van der Waals surface area contributed by atoms with Crippen LogP contribution in [0.4, 0.5) is 0 Å². The van der Waals surface area contributed by atoms with E-state index in [0.717, 1.165) is 11.8 Å². The number of benzene rings is 2. The zero-order valence-corrected chi connectivity index (χ0v) is 18.4. The molecule has 9 heteroatoms. The summed E-state index contributed by atoms with van der Waals surface area (Å²) in [7, 11) is -7.00. The number of sulfonamides is 1. The van der Waals surface area contributed by atoms with Gasteiger partial charge in [0, 0.05) is 19.3 Å². The van der Waals surface area contributed by atoms with Gasteiger partial charge >= 0.3 is 0 Å². The Morgan fingerprint density at radius 1 is 0.967 bits per heavy atom. The lowest BCUT2D eigenvalue weighted by atomic mass is 9.90. The summed E-state index contributed by atoms with van der Waals surface area (Å²) in [6.07, 6.45) is 2.13. The average Bonchev–Trinajstić information content (AvgIpc) is 2.73. The van der Waals surface area contributed by atoms with E-state index in [2.05, 4.69) is 5.32 Å². The molecule has 30 heavy (non-hydrogen) atoms. The molecule has 1 aliphatic rings. The lowest BCUT2D eigenvalue weighted by molar-refractivity contribution is -0.126. The molecule has 2 aromatic rings. The van der Waals surface area contributed by atoms with E-state index in [1.54, 1.807) is 30.3 Å². The number of carbonyl (C=O) groups excluding carboxylic acids is 1. The van der Waals surface area contributed by atoms with Crippen molar-refractivity contribution in [2.24, 2.45) is 5.92 Å². The van der Waals surface area contributed by atoms with Gasteiger partial charge in [-0.05, 0) is 30.5 Å². The summed E-state index contributed by atoms with van der Waals surface area (Å²) in [5, 5.41) is 2.64. The van der Waals surface area contributed by atoms with Crippen molar-refractivity contribution in [2.45, 2.75) is 23.8 Å². The van der Waals surface area contributed by atoms with E-state index in [1.165, 1.54) is 4.31 Å². The fourth-order valence-electron chi connectivity index (χ4n) is 3.66. The minimum Gasteiger partial charge on any atom is -0.355 e. The Hall–Kier alpha value is -2.23. The van der Waals surface area contributed by atoms with E-state index in [1.807, 2.05) is 30.3 Å². The summed E-state index contributed by atoms with van der Waals surface area (Å²) in [5.41, 5.74) is 0.882. The van der Waals surface area contributed by atoms with E-state index >= 15 is 0 Å². The number of nitrogens with zero attached hydrogens (tertiary/aromatic N) is 1. The van der Waals surface area contributed by atoms with Gasteiger partial charge in [0.1, 0.15) is 9.84 Å². The monoisotopic (exact) mass is 450 g/mol. The van der Waals surface area contributed by atoms with Gasteiger partial charge in [0.15, 0.2) is 0 Å². The van der Waals surface area contributed by atoms with Crippen LogP contribution in [-0.2, 0) is 24.7 Å². The Bertz CT molecular complexity index is 1070. The van der Waals surface area contributed by atoms with Crippen LogP contribution in [0, 0.1) is 5.92 Å². The third-order valence-electron chi connectivity index (χ3n) is 5.21. The van der Waals surface area contributed by atoms with Gasteiger partial charge in [0.05, 0.1) is 22.6 Å². The second kappa shape index (κ2) is 9.28. The maximum Gasteiger partial charge on any atom is 0.243 e. The minimum atomic E-state index is -3.81. The van der Waals surface area contributed by atoms with Crippen molar-refractivity contribution in [3.05, 3.63) is 66.2 Å². The van der Waals surface area contributed by atoms with Gasteiger partial charge in [-0.1, -0.05) is 48.5 Å². The predicted octanol–water partition coefficient (Wildman–Crippen LogP) is 1.99. The molecule has 3 rings (SSSR count). The molecule has 0 spiro atoms. The zero-order valence-electron chi connectivity index (χ0n) is 16.8. The fourth-order valence-corrected chi connectivity index (χ4v) is 5.84. The first-order chi connectivity index (χ1) is 14.2. The van der Waals surface area contributed by atoms with Gasteiger partial charge < -0.3 is 5.32 Å².